The van der Waals surface area contributed by atoms with Crippen LogP contribution in [0.5, 0.6) is 0 Å². The molecule has 2 aliphatic carbocycles. The Hall–Kier alpha value is -0.120. The molecule has 0 amide bonds. The average Bonchev–Trinajstić information content (AvgIpc) is 2.91. The molecule has 0 spiro atoms. The van der Waals surface area contributed by atoms with Gasteiger partial charge in [0.15, 0.2) is 0 Å². The van der Waals surface area contributed by atoms with Crippen LogP contribution in [-0.2, 0) is 0 Å². The van der Waals surface area contributed by atoms with Crippen molar-refractivity contribution in [2.24, 2.45) is 5.92 Å². The molecule has 0 bridgehead atoms. The fourth-order valence-electron chi connectivity index (χ4n) is 3.99. The Labute approximate surface area is 118 Å². The summed E-state index contributed by atoms with van der Waals surface area (Å²) in [4.78, 5) is 2.41. The van der Waals surface area contributed by atoms with Crippen LogP contribution >= 0.6 is 0 Å². The molecule has 2 rings (SSSR count). The predicted octanol–water partition coefficient (Wildman–Crippen LogP) is 2.39. The van der Waals surface area contributed by atoms with Crippen LogP contribution in [0.1, 0.15) is 57.8 Å². The molecule has 0 heterocycles. The first kappa shape index (κ1) is 15.3. The van der Waals surface area contributed by atoms with Crippen molar-refractivity contribution in [2.45, 2.75) is 76.0 Å². The monoisotopic (exact) mass is 268 g/mol. The number of aliphatic hydroxyl groups excluding tert-OH is 1. The minimum atomic E-state index is -0.116. The Morgan fingerprint density at radius 2 is 1.74 bits per heavy atom. The lowest BCUT2D eigenvalue weighted by Gasteiger charge is -2.35. The van der Waals surface area contributed by atoms with E-state index in [4.69, 9.17) is 0 Å². The number of nitrogens with one attached hydrogen (secondary N) is 1. The molecular formula is C16H32N2O. The van der Waals surface area contributed by atoms with E-state index in [0.717, 1.165) is 18.9 Å². The first-order valence-electron chi connectivity index (χ1n) is 8.24. The van der Waals surface area contributed by atoms with Crippen molar-refractivity contribution < 1.29 is 5.11 Å². The lowest BCUT2D eigenvalue weighted by Crippen LogP contribution is -2.42. The highest BCUT2D eigenvalue weighted by Gasteiger charge is 2.25. The Bertz CT molecular complexity index is 245. The van der Waals surface area contributed by atoms with Gasteiger partial charge in [-0.2, -0.15) is 0 Å². The molecule has 0 aromatic rings. The molecule has 1 atom stereocenters. The summed E-state index contributed by atoms with van der Waals surface area (Å²) < 4.78 is 0. The van der Waals surface area contributed by atoms with Gasteiger partial charge in [0, 0.05) is 18.6 Å². The lowest BCUT2D eigenvalue weighted by molar-refractivity contribution is 0.0720. The summed E-state index contributed by atoms with van der Waals surface area (Å²) in [5.41, 5.74) is 0. The highest BCUT2D eigenvalue weighted by molar-refractivity contribution is 4.82. The number of likely N-dealkylation sites (N-methyl/N-ethyl adjacent to an activating group) is 1. The summed E-state index contributed by atoms with van der Waals surface area (Å²) in [6, 6.07) is 1.40. The fraction of sp³-hybridized carbons (Fsp3) is 1.00. The fourth-order valence-corrected chi connectivity index (χ4v) is 3.99. The van der Waals surface area contributed by atoms with E-state index in [1.54, 1.807) is 0 Å². The minimum absolute atomic E-state index is 0.116. The van der Waals surface area contributed by atoms with Crippen LogP contribution in [0.25, 0.3) is 0 Å². The number of aliphatic hydroxyl groups is 1. The maximum atomic E-state index is 10.3. The van der Waals surface area contributed by atoms with E-state index in [-0.39, 0.29) is 6.10 Å². The molecule has 3 heteroatoms. The summed E-state index contributed by atoms with van der Waals surface area (Å²) in [6.07, 6.45) is 11.5. The Morgan fingerprint density at radius 3 is 2.32 bits per heavy atom. The molecule has 2 aliphatic rings. The summed E-state index contributed by atoms with van der Waals surface area (Å²) >= 11 is 0. The molecule has 0 aromatic heterocycles. The van der Waals surface area contributed by atoms with Crippen molar-refractivity contribution in [3.63, 3.8) is 0 Å². The van der Waals surface area contributed by atoms with Gasteiger partial charge in [0.05, 0.1) is 6.10 Å². The summed E-state index contributed by atoms with van der Waals surface area (Å²) in [7, 11) is 4.27. The highest BCUT2D eigenvalue weighted by Crippen LogP contribution is 2.29. The van der Waals surface area contributed by atoms with E-state index in [1.807, 2.05) is 0 Å². The second kappa shape index (κ2) is 7.61. The van der Waals surface area contributed by atoms with Gasteiger partial charge in [0.2, 0.25) is 0 Å². The van der Waals surface area contributed by atoms with Gasteiger partial charge < -0.3 is 15.3 Å². The third kappa shape index (κ3) is 4.73. The Morgan fingerprint density at radius 1 is 1.11 bits per heavy atom. The van der Waals surface area contributed by atoms with Crippen molar-refractivity contribution in [1.29, 1.82) is 0 Å². The van der Waals surface area contributed by atoms with Crippen LogP contribution in [0.4, 0.5) is 0 Å². The lowest BCUT2D eigenvalue weighted by atomic mass is 9.90. The first-order chi connectivity index (χ1) is 9.19. The van der Waals surface area contributed by atoms with Crippen LogP contribution in [0.3, 0.4) is 0 Å². The maximum Gasteiger partial charge on any atom is 0.0669 e. The molecule has 2 N–H and O–H groups in total. The van der Waals surface area contributed by atoms with E-state index >= 15 is 0 Å². The zero-order chi connectivity index (χ0) is 13.7. The number of nitrogens with zero attached hydrogens (tertiary/aromatic N) is 1. The van der Waals surface area contributed by atoms with Gasteiger partial charge >= 0.3 is 0 Å². The first-order valence-corrected chi connectivity index (χ1v) is 8.24. The van der Waals surface area contributed by atoms with E-state index in [9.17, 15) is 5.11 Å². The predicted molar refractivity (Wildman–Crippen MR) is 80.3 cm³/mol. The molecule has 0 saturated heterocycles. The largest absolute Gasteiger partial charge is 0.392 e. The van der Waals surface area contributed by atoms with E-state index in [2.05, 4.69) is 24.3 Å². The zero-order valence-electron chi connectivity index (χ0n) is 12.8. The maximum absolute atomic E-state index is 10.3. The smallest absolute Gasteiger partial charge is 0.0669 e. The van der Waals surface area contributed by atoms with Crippen molar-refractivity contribution in [3.05, 3.63) is 0 Å². The molecule has 0 aromatic carbocycles. The van der Waals surface area contributed by atoms with E-state index in [0.29, 0.717) is 12.1 Å². The molecule has 2 saturated carbocycles. The molecule has 19 heavy (non-hydrogen) atoms. The highest BCUT2D eigenvalue weighted by atomic mass is 16.3. The third-order valence-corrected chi connectivity index (χ3v) is 5.31. The zero-order valence-corrected chi connectivity index (χ0v) is 12.8. The summed E-state index contributed by atoms with van der Waals surface area (Å²) in [5.74, 6) is 0.795. The van der Waals surface area contributed by atoms with Gasteiger partial charge in [-0.1, -0.05) is 25.7 Å². The van der Waals surface area contributed by atoms with Crippen LogP contribution < -0.4 is 5.32 Å². The topological polar surface area (TPSA) is 35.5 Å². The third-order valence-electron chi connectivity index (χ3n) is 5.31. The van der Waals surface area contributed by atoms with Crippen LogP contribution in [-0.4, -0.2) is 48.8 Å². The van der Waals surface area contributed by atoms with Gasteiger partial charge in [-0.3, -0.25) is 0 Å². The van der Waals surface area contributed by atoms with Crippen molar-refractivity contribution in [2.75, 3.05) is 20.6 Å². The van der Waals surface area contributed by atoms with E-state index < -0.39 is 0 Å². The van der Waals surface area contributed by atoms with Crippen molar-refractivity contribution in [1.82, 2.24) is 10.2 Å². The Kier molecular flexibility index (Phi) is 6.11. The standard InChI is InChI=1S/C16H32N2O/c1-17-14-7-9-15(10-8-14)18(2)12-16(19)11-13-5-3-4-6-13/h13-17,19H,3-12H2,1-2H3. The number of hydrogen-bond acceptors (Lipinski definition) is 3. The van der Waals surface area contributed by atoms with Crippen molar-refractivity contribution >= 4 is 0 Å². The summed E-state index contributed by atoms with van der Waals surface area (Å²) in [6.45, 7) is 0.866. The van der Waals surface area contributed by atoms with Gasteiger partial charge in [-0.25, -0.2) is 0 Å². The minimum Gasteiger partial charge on any atom is -0.392 e. The van der Waals surface area contributed by atoms with Gasteiger partial charge in [-0.15, -0.1) is 0 Å². The molecule has 1 unspecified atom stereocenters. The van der Waals surface area contributed by atoms with Crippen LogP contribution in [0, 0.1) is 5.92 Å². The SMILES string of the molecule is CNC1CCC(N(C)CC(O)CC2CCCC2)CC1. The molecule has 0 aliphatic heterocycles. The molecule has 0 radical (unpaired) electrons. The summed E-state index contributed by atoms with van der Waals surface area (Å²) in [5, 5.41) is 13.6. The second-order valence-electron chi connectivity index (χ2n) is 6.77. The van der Waals surface area contributed by atoms with Gasteiger partial charge in [0.1, 0.15) is 0 Å². The molecule has 3 nitrogen and oxygen atoms in total. The average molecular weight is 268 g/mol. The van der Waals surface area contributed by atoms with Gasteiger partial charge in [-0.05, 0) is 52.1 Å². The molecular weight excluding hydrogens is 236 g/mol. The number of rotatable bonds is 6. The molecule has 112 valence electrons. The number of hydrogen-bond donors (Lipinski definition) is 2. The van der Waals surface area contributed by atoms with Crippen LogP contribution in [0.15, 0.2) is 0 Å². The van der Waals surface area contributed by atoms with Crippen molar-refractivity contribution in [3.8, 4) is 0 Å². The second-order valence-corrected chi connectivity index (χ2v) is 6.77. The quantitative estimate of drug-likeness (QED) is 0.776. The van der Waals surface area contributed by atoms with Gasteiger partial charge in [0.25, 0.3) is 0 Å². The van der Waals surface area contributed by atoms with Crippen LogP contribution in [0.2, 0.25) is 0 Å². The molecule has 2 fully saturated rings. The Balaban J connectivity index is 1.66. The normalized spacial score (nSPS) is 30.9. The van der Waals surface area contributed by atoms with E-state index in [1.165, 1.54) is 51.4 Å².